The quantitative estimate of drug-likeness (QED) is 0.357. The van der Waals surface area contributed by atoms with Crippen LogP contribution in [-0.4, -0.2) is 23.9 Å². The molecule has 35 heavy (non-hydrogen) atoms. The molecule has 0 radical (unpaired) electrons. The SMILES string of the molecule is COc1ccc(CCn2c(O)c(C#N)c(C)c(N=Nc3ccc4ccccc4c3)c2=O)cc1OC. The van der Waals surface area contributed by atoms with Gasteiger partial charge in [0.1, 0.15) is 11.6 Å². The van der Waals surface area contributed by atoms with Crippen LogP contribution in [0, 0.1) is 18.3 Å². The molecule has 1 N–H and O–H groups in total. The van der Waals surface area contributed by atoms with E-state index in [1.807, 2.05) is 54.6 Å². The molecule has 0 saturated heterocycles. The predicted molar refractivity (Wildman–Crippen MR) is 133 cm³/mol. The predicted octanol–water partition coefficient (Wildman–Crippen LogP) is 5.56. The third-order valence-electron chi connectivity index (χ3n) is 5.84. The molecule has 0 atom stereocenters. The third-order valence-corrected chi connectivity index (χ3v) is 5.84. The van der Waals surface area contributed by atoms with E-state index in [9.17, 15) is 15.2 Å². The first-order valence-electron chi connectivity index (χ1n) is 10.9. The van der Waals surface area contributed by atoms with Gasteiger partial charge < -0.3 is 14.6 Å². The van der Waals surface area contributed by atoms with Gasteiger partial charge in [-0.1, -0.05) is 36.4 Å². The Kier molecular flexibility index (Phi) is 6.78. The first-order valence-corrected chi connectivity index (χ1v) is 10.9. The lowest BCUT2D eigenvalue weighted by Gasteiger charge is -2.14. The van der Waals surface area contributed by atoms with Crippen LogP contribution < -0.4 is 15.0 Å². The van der Waals surface area contributed by atoms with Gasteiger partial charge in [-0.3, -0.25) is 9.36 Å². The van der Waals surface area contributed by atoms with E-state index >= 15 is 0 Å². The second-order valence-electron chi connectivity index (χ2n) is 7.91. The Morgan fingerprint density at radius 2 is 1.71 bits per heavy atom. The fourth-order valence-electron chi connectivity index (χ4n) is 3.89. The van der Waals surface area contributed by atoms with E-state index in [-0.39, 0.29) is 29.2 Å². The number of nitrogens with zero attached hydrogens (tertiary/aromatic N) is 4. The summed E-state index contributed by atoms with van der Waals surface area (Å²) in [6.45, 7) is 1.71. The van der Waals surface area contributed by atoms with Crippen molar-refractivity contribution in [3.8, 4) is 23.4 Å². The van der Waals surface area contributed by atoms with Gasteiger partial charge in [0.2, 0.25) is 5.88 Å². The number of nitriles is 1. The Labute approximate surface area is 202 Å². The lowest BCUT2D eigenvalue weighted by molar-refractivity contribution is 0.354. The molecule has 1 heterocycles. The zero-order valence-corrected chi connectivity index (χ0v) is 19.6. The van der Waals surface area contributed by atoms with E-state index in [0.717, 1.165) is 20.9 Å². The number of methoxy groups -OCH3 is 2. The Morgan fingerprint density at radius 3 is 2.43 bits per heavy atom. The van der Waals surface area contributed by atoms with E-state index in [4.69, 9.17) is 9.47 Å². The summed E-state index contributed by atoms with van der Waals surface area (Å²) in [7, 11) is 3.10. The zero-order chi connectivity index (χ0) is 24.9. The number of hydrogen-bond donors (Lipinski definition) is 1. The minimum Gasteiger partial charge on any atom is -0.493 e. The molecule has 8 heteroatoms. The normalized spacial score (nSPS) is 11.0. The lowest BCUT2D eigenvalue weighted by Crippen LogP contribution is -2.23. The highest BCUT2D eigenvalue weighted by molar-refractivity contribution is 5.85. The average molecular weight is 469 g/mol. The van der Waals surface area contributed by atoms with Gasteiger partial charge in [-0.25, -0.2) is 0 Å². The van der Waals surface area contributed by atoms with Gasteiger partial charge in [-0.2, -0.15) is 10.4 Å². The topological polar surface area (TPSA) is 109 Å². The number of aryl methyl sites for hydroxylation is 1. The van der Waals surface area contributed by atoms with Crippen molar-refractivity contribution in [1.82, 2.24) is 4.57 Å². The summed E-state index contributed by atoms with van der Waals surface area (Å²) in [4.78, 5) is 13.3. The number of fused-ring (bicyclic) bond motifs is 1. The number of pyridine rings is 1. The highest BCUT2D eigenvalue weighted by atomic mass is 16.5. The molecule has 0 bridgehead atoms. The van der Waals surface area contributed by atoms with Gasteiger partial charge in [-0.15, -0.1) is 5.11 Å². The molecule has 176 valence electrons. The van der Waals surface area contributed by atoms with Crippen LogP contribution in [0.2, 0.25) is 0 Å². The molecule has 3 aromatic carbocycles. The lowest BCUT2D eigenvalue weighted by atomic mass is 10.1. The molecule has 0 aliphatic carbocycles. The van der Waals surface area contributed by atoms with Gasteiger partial charge in [0, 0.05) is 12.1 Å². The van der Waals surface area contributed by atoms with Crippen LogP contribution in [0.4, 0.5) is 11.4 Å². The molecule has 1 aromatic heterocycles. The van der Waals surface area contributed by atoms with E-state index in [1.54, 1.807) is 33.3 Å². The van der Waals surface area contributed by atoms with Gasteiger partial charge in [0.05, 0.1) is 19.9 Å². The largest absolute Gasteiger partial charge is 0.493 e. The van der Waals surface area contributed by atoms with Crippen molar-refractivity contribution in [2.75, 3.05) is 14.2 Å². The summed E-state index contributed by atoms with van der Waals surface area (Å²) in [6.07, 6.45) is 0.406. The van der Waals surface area contributed by atoms with Crippen LogP contribution in [0.5, 0.6) is 17.4 Å². The molecular formula is C27H24N4O4. The van der Waals surface area contributed by atoms with Crippen molar-refractivity contribution >= 4 is 22.1 Å². The highest BCUT2D eigenvalue weighted by Crippen LogP contribution is 2.30. The van der Waals surface area contributed by atoms with E-state index < -0.39 is 5.56 Å². The van der Waals surface area contributed by atoms with Crippen molar-refractivity contribution in [1.29, 1.82) is 5.26 Å². The molecule has 0 unspecified atom stereocenters. The smallest absolute Gasteiger partial charge is 0.281 e. The summed E-state index contributed by atoms with van der Waals surface area (Å²) in [6, 6.07) is 20.9. The van der Waals surface area contributed by atoms with Crippen LogP contribution in [0.3, 0.4) is 0 Å². The van der Waals surface area contributed by atoms with Crippen LogP contribution in [0.25, 0.3) is 10.8 Å². The summed E-state index contributed by atoms with van der Waals surface area (Å²) < 4.78 is 11.7. The maximum absolute atomic E-state index is 13.3. The van der Waals surface area contributed by atoms with Crippen molar-refractivity contribution in [2.45, 2.75) is 19.9 Å². The molecule has 0 fully saturated rings. The van der Waals surface area contributed by atoms with Gasteiger partial charge in [0.25, 0.3) is 5.56 Å². The number of hydrogen-bond acceptors (Lipinski definition) is 7. The maximum Gasteiger partial charge on any atom is 0.281 e. The zero-order valence-electron chi connectivity index (χ0n) is 19.6. The molecule has 0 saturated carbocycles. The Hall–Kier alpha value is -4.64. The molecule has 0 aliphatic heterocycles. The van der Waals surface area contributed by atoms with Crippen molar-refractivity contribution < 1.29 is 14.6 Å². The molecular weight excluding hydrogens is 444 g/mol. The van der Waals surface area contributed by atoms with E-state index in [0.29, 0.717) is 23.6 Å². The highest BCUT2D eigenvalue weighted by Gasteiger charge is 2.19. The summed E-state index contributed by atoms with van der Waals surface area (Å²) in [5.41, 5.74) is 1.20. The number of benzene rings is 3. The van der Waals surface area contributed by atoms with Crippen molar-refractivity contribution in [3.63, 3.8) is 0 Å². The minimum atomic E-state index is -0.524. The molecule has 4 aromatic rings. The van der Waals surface area contributed by atoms with E-state index in [1.165, 1.54) is 0 Å². The van der Waals surface area contributed by atoms with Crippen LogP contribution in [0.1, 0.15) is 16.7 Å². The number of aromatic hydroxyl groups is 1. The van der Waals surface area contributed by atoms with Crippen molar-refractivity contribution in [3.05, 3.63) is 87.7 Å². The fraction of sp³-hybridized carbons (Fsp3) is 0.185. The molecule has 4 rings (SSSR count). The monoisotopic (exact) mass is 468 g/mol. The van der Waals surface area contributed by atoms with Crippen LogP contribution >= 0.6 is 0 Å². The Morgan fingerprint density at radius 1 is 0.971 bits per heavy atom. The number of aromatic nitrogens is 1. The van der Waals surface area contributed by atoms with Gasteiger partial charge in [0.15, 0.2) is 17.2 Å². The number of rotatable bonds is 7. The Bertz CT molecular complexity index is 1530. The first kappa shape index (κ1) is 23.5. The summed E-state index contributed by atoms with van der Waals surface area (Å²) in [5.74, 6) is 0.767. The second kappa shape index (κ2) is 10.1. The second-order valence-corrected chi connectivity index (χ2v) is 7.91. The van der Waals surface area contributed by atoms with E-state index in [2.05, 4.69) is 10.2 Å². The molecule has 8 nitrogen and oxygen atoms in total. The van der Waals surface area contributed by atoms with Crippen LogP contribution in [-0.2, 0) is 13.0 Å². The third kappa shape index (κ3) is 4.70. The Balaban J connectivity index is 1.69. The minimum absolute atomic E-state index is 0.00984. The average Bonchev–Trinajstić information content (AvgIpc) is 2.88. The molecule has 0 amide bonds. The number of ether oxygens (including phenoxy) is 2. The first-order chi connectivity index (χ1) is 17.0. The molecule has 0 aliphatic rings. The van der Waals surface area contributed by atoms with Gasteiger partial charge >= 0.3 is 0 Å². The maximum atomic E-state index is 13.3. The fourth-order valence-corrected chi connectivity index (χ4v) is 3.89. The summed E-state index contributed by atoms with van der Waals surface area (Å²) in [5, 5.41) is 30.8. The number of azo groups is 1. The van der Waals surface area contributed by atoms with Crippen LogP contribution in [0.15, 0.2) is 75.7 Å². The van der Waals surface area contributed by atoms with Crippen molar-refractivity contribution in [2.24, 2.45) is 10.2 Å². The molecule has 0 spiro atoms. The summed E-state index contributed by atoms with van der Waals surface area (Å²) >= 11 is 0. The van der Waals surface area contributed by atoms with Gasteiger partial charge in [-0.05, 0) is 53.9 Å². The standard InChI is InChI=1S/C27H24N4O4/c1-17-22(16-28)26(32)31(13-12-18-8-11-23(34-2)24(14-18)35-3)27(33)25(17)30-29-21-10-9-19-6-4-5-7-20(19)15-21/h4-11,14-15,32H,12-13H2,1-3H3.